The van der Waals surface area contributed by atoms with Crippen molar-refractivity contribution in [3.05, 3.63) is 46.9 Å². The van der Waals surface area contributed by atoms with Crippen molar-refractivity contribution < 1.29 is 19.0 Å². The third kappa shape index (κ3) is 6.31. The van der Waals surface area contributed by atoms with Crippen molar-refractivity contribution in [1.29, 1.82) is 0 Å². The van der Waals surface area contributed by atoms with Crippen molar-refractivity contribution in [2.24, 2.45) is 0 Å². The van der Waals surface area contributed by atoms with Gasteiger partial charge in [-0.25, -0.2) is 0 Å². The third-order valence-electron chi connectivity index (χ3n) is 3.23. The highest BCUT2D eigenvalue weighted by molar-refractivity contribution is 9.10. The van der Waals surface area contributed by atoms with Crippen LogP contribution in [0.5, 0.6) is 17.2 Å². The Morgan fingerprint density at radius 3 is 2.48 bits per heavy atom. The van der Waals surface area contributed by atoms with Gasteiger partial charge in [0.05, 0.1) is 31.9 Å². The van der Waals surface area contributed by atoms with Crippen LogP contribution in [0.3, 0.4) is 0 Å². The molecule has 6 heteroatoms. The van der Waals surface area contributed by atoms with Crippen LogP contribution in [-0.4, -0.2) is 25.7 Å². The van der Waals surface area contributed by atoms with Crippen molar-refractivity contribution in [1.82, 2.24) is 0 Å². The van der Waals surface area contributed by atoms with Crippen LogP contribution in [-0.2, 0) is 4.79 Å². The molecule has 5 nitrogen and oxygen atoms in total. The number of hydrogen-bond donors (Lipinski definition) is 1. The molecule has 0 heterocycles. The fourth-order valence-corrected chi connectivity index (χ4v) is 2.55. The van der Waals surface area contributed by atoms with Gasteiger partial charge in [-0.3, -0.25) is 4.79 Å². The van der Waals surface area contributed by atoms with Gasteiger partial charge in [-0.2, -0.15) is 0 Å². The van der Waals surface area contributed by atoms with Crippen LogP contribution in [0, 0.1) is 0 Å². The quantitative estimate of drug-likeness (QED) is 0.656. The van der Waals surface area contributed by atoms with E-state index in [1.54, 1.807) is 12.1 Å². The van der Waals surface area contributed by atoms with E-state index in [4.69, 9.17) is 14.2 Å². The zero-order valence-electron chi connectivity index (χ0n) is 14.4. The van der Waals surface area contributed by atoms with Gasteiger partial charge in [-0.1, -0.05) is 22.0 Å². The molecule has 134 valence electrons. The molecule has 0 unspecified atom stereocenters. The summed E-state index contributed by atoms with van der Waals surface area (Å²) in [5, 5.41) is 2.86. The topological polar surface area (TPSA) is 56.8 Å². The van der Waals surface area contributed by atoms with E-state index in [0.29, 0.717) is 30.4 Å². The van der Waals surface area contributed by atoms with Crippen molar-refractivity contribution in [3.8, 4) is 17.2 Å². The largest absolute Gasteiger partial charge is 0.494 e. The van der Waals surface area contributed by atoms with Gasteiger partial charge in [-0.05, 0) is 44.2 Å². The molecule has 1 N–H and O–H groups in total. The second-order valence-electron chi connectivity index (χ2n) is 5.13. The van der Waals surface area contributed by atoms with E-state index in [1.165, 1.54) is 0 Å². The van der Waals surface area contributed by atoms with Gasteiger partial charge in [0.2, 0.25) is 5.91 Å². The number of carbonyl (C=O) groups is 1. The first-order valence-electron chi connectivity index (χ1n) is 8.20. The first-order chi connectivity index (χ1) is 12.1. The number of halogens is 1. The fraction of sp³-hybridized carbons (Fsp3) is 0.316. The molecule has 0 aliphatic rings. The number of ether oxygens (including phenoxy) is 3. The van der Waals surface area contributed by atoms with Gasteiger partial charge >= 0.3 is 0 Å². The van der Waals surface area contributed by atoms with Crippen molar-refractivity contribution in [3.63, 3.8) is 0 Å². The summed E-state index contributed by atoms with van der Waals surface area (Å²) in [4.78, 5) is 12.2. The Morgan fingerprint density at radius 2 is 1.76 bits per heavy atom. The van der Waals surface area contributed by atoms with Gasteiger partial charge in [0.25, 0.3) is 0 Å². The minimum atomic E-state index is -0.149. The summed E-state index contributed by atoms with van der Waals surface area (Å²) in [6.07, 6.45) is 0.233. The monoisotopic (exact) mass is 407 g/mol. The minimum absolute atomic E-state index is 0.149. The van der Waals surface area contributed by atoms with Crippen LogP contribution in [0.2, 0.25) is 0 Å². The van der Waals surface area contributed by atoms with E-state index in [-0.39, 0.29) is 18.9 Å². The second kappa shape index (κ2) is 9.93. The average molecular weight is 408 g/mol. The number of carbonyl (C=O) groups excluding carboxylic acids is 1. The minimum Gasteiger partial charge on any atom is -0.494 e. The summed E-state index contributed by atoms with van der Waals surface area (Å²) in [7, 11) is 0. The highest BCUT2D eigenvalue weighted by Crippen LogP contribution is 2.29. The first-order valence-corrected chi connectivity index (χ1v) is 8.99. The fourth-order valence-electron chi connectivity index (χ4n) is 2.18. The number of hydrogen-bond acceptors (Lipinski definition) is 4. The summed E-state index contributed by atoms with van der Waals surface area (Å²) < 4.78 is 17.5. The van der Waals surface area contributed by atoms with Gasteiger partial charge in [0.1, 0.15) is 17.2 Å². The Kier molecular flexibility index (Phi) is 7.60. The van der Waals surface area contributed by atoms with Gasteiger partial charge in [-0.15, -0.1) is 0 Å². The van der Waals surface area contributed by atoms with E-state index in [9.17, 15) is 4.79 Å². The number of nitrogens with one attached hydrogen (secondary N) is 1. The van der Waals surface area contributed by atoms with Crippen LogP contribution in [0.15, 0.2) is 46.9 Å². The van der Waals surface area contributed by atoms with Crippen molar-refractivity contribution >= 4 is 27.5 Å². The molecule has 0 aromatic heterocycles. The van der Waals surface area contributed by atoms with Gasteiger partial charge in [0, 0.05) is 10.5 Å². The number of anilines is 1. The number of rotatable bonds is 9. The molecule has 0 saturated carbocycles. The SMILES string of the molecule is CCOc1ccc(OCC)c(NC(=O)CCOc2cccc(Br)c2)c1. The summed E-state index contributed by atoms with van der Waals surface area (Å²) in [5.41, 5.74) is 0.597. The van der Waals surface area contributed by atoms with Crippen LogP contribution in [0.4, 0.5) is 5.69 Å². The molecule has 0 aliphatic carbocycles. The summed E-state index contributed by atoms with van der Waals surface area (Å²) in [6, 6.07) is 12.9. The van der Waals surface area contributed by atoms with Crippen LogP contribution >= 0.6 is 15.9 Å². The molecule has 0 fully saturated rings. The molecule has 1 amide bonds. The Balaban J connectivity index is 1.93. The van der Waals surface area contributed by atoms with E-state index < -0.39 is 0 Å². The molecule has 2 aromatic rings. The van der Waals surface area contributed by atoms with Gasteiger partial charge < -0.3 is 19.5 Å². The van der Waals surface area contributed by atoms with E-state index >= 15 is 0 Å². The lowest BCUT2D eigenvalue weighted by atomic mass is 10.2. The van der Waals surface area contributed by atoms with Crippen molar-refractivity contribution in [2.75, 3.05) is 25.1 Å². The predicted octanol–water partition coefficient (Wildman–Crippen LogP) is 4.65. The number of benzene rings is 2. The zero-order valence-corrected chi connectivity index (χ0v) is 16.0. The Bertz CT molecular complexity index is 706. The third-order valence-corrected chi connectivity index (χ3v) is 3.72. The Hall–Kier alpha value is -2.21. The maximum absolute atomic E-state index is 12.2. The molecule has 2 rings (SSSR count). The predicted molar refractivity (Wildman–Crippen MR) is 102 cm³/mol. The van der Waals surface area contributed by atoms with Crippen LogP contribution < -0.4 is 19.5 Å². The van der Waals surface area contributed by atoms with Crippen molar-refractivity contribution in [2.45, 2.75) is 20.3 Å². The van der Waals surface area contributed by atoms with Gasteiger partial charge in [0.15, 0.2) is 0 Å². The summed E-state index contributed by atoms with van der Waals surface area (Å²) in [6.45, 7) is 5.17. The highest BCUT2D eigenvalue weighted by Gasteiger charge is 2.10. The van der Waals surface area contributed by atoms with Crippen LogP contribution in [0.1, 0.15) is 20.3 Å². The molecule has 0 saturated heterocycles. The lowest BCUT2D eigenvalue weighted by molar-refractivity contribution is -0.116. The lowest BCUT2D eigenvalue weighted by Crippen LogP contribution is -2.16. The summed E-state index contributed by atoms with van der Waals surface area (Å²) >= 11 is 3.38. The second-order valence-corrected chi connectivity index (χ2v) is 6.04. The van der Waals surface area contributed by atoms with E-state index in [0.717, 1.165) is 10.2 Å². The molecule has 0 aliphatic heterocycles. The molecule has 0 bridgehead atoms. The average Bonchev–Trinajstić information content (AvgIpc) is 2.58. The Morgan fingerprint density at radius 1 is 1.00 bits per heavy atom. The molecule has 0 spiro atoms. The molecule has 0 radical (unpaired) electrons. The molecule has 0 atom stereocenters. The normalized spacial score (nSPS) is 10.2. The highest BCUT2D eigenvalue weighted by atomic mass is 79.9. The maximum atomic E-state index is 12.2. The first kappa shape index (κ1) is 19.1. The molecular formula is C19H22BrNO4. The lowest BCUT2D eigenvalue weighted by Gasteiger charge is -2.13. The van der Waals surface area contributed by atoms with E-state index in [1.807, 2.05) is 44.2 Å². The standard InChI is InChI=1S/C19H22BrNO4/c1-3-23-16-8-9-18(24-4-2)17(13-16)21-19(22)10-11-25-15-7-5-6-14(20)12-15/h5-9,12-13H,3-4,10-11H2,1-2H3,(H,21,22). The molecule has 25 heavy (non-hydrogen) atoms. The molecular weight excluding hydrogens is 386 g/mol. The van der Waals surface area contributed by atoms with Crippen LogP contribution in [0.25, 0.3) is 0 Å². The maximum Gasteiger partial charge on any atom is 0.227 e. The number of amides is 1. The summed E-state index contributed by atoms with van der Waals surface area (Å²) in [5.74, 6) is 1.87. The van der Waals surface area contributed by atoms with E-state index in [2.05, 4.69) is 21.2 Å². The molecule has 2 aromatic carbocycles. The zero-order chi connectivity index (χ0) is 18.1. The Labute approximate surface area is 156 Å². The smallest absolute Gasteiger partial charge is 0.227 e.